The van der Waals surface area contributed by atoms with Crippen molar-refractivity contribution in [2.45, 2.75) is 77.0 Å². The minimum atomic E-state index is -0.392. The minimum absolute atomic E-state index is 0.0556. The van der Waals surface area contributed by atoms with Crippen LogP contribution in [0.4, 0.5) is 0 Å². The summed E-state index contributed by atoms with van der Waals surface area (Å²) in [6.45, 7) is 8.87. The molecule has 3 aliphatic heterocycles. The van der Waals surface area contributed by atoms with Gasteiger partial charge in [-0.2, -0.15) is 0 Å². The molecule has 2 atom stereocenters. The van der Waals surface area contributed by atoms with Crippen molar-refractivity contribution in [1.29, 1.82) is 0 Å². The molecule has 3 heterocycles. The van der Waals surface area contributed by atoms with E-state index in [1.807, 2.05) is 20.9 Å². The van der Waals surface area contributed by atoms with E-state index in [2.05, 4.69) is 13.8 Å². The summed E-state index contributed by atoms with van der Waals surface area (Å²) in [6, 6.07) is 0. The van der Waals surface area contributed by atoms with Crippen LogP contribution in [0.1, 0.15) is 53.4 Å². The fourth-order valence-electron chi connectivity index (χ4n) is 3.18. The van der Waals surface area contributed by atoms with E-state index in [4.69, 9.17) is 18.9 Å². The lowest BCUT2D eigenvalue weighted by molar-refractivity contribution is -0.164. The number of hydrogen-bond donors (Lipinski definition) is 0. The number of likely N-dealkylation sites (N-methyl/N-ethyl adjacent to an activating group) is 2. The molecule has 0 aromatic rings. The van der Waals surface area contributed by atoms with Crippen LogP contribution in [0.25, 0.3) is 0 Å². The molecule has 1 aliphatic carbocycles. The topological polar surface area (TPSA) is 77.5 Å². The maximum Gasteiger partial charge on any atom is 0.250 e. The van der Waals surface area contributed by atoms with Gasteiger partial charge in [-0.3, -0.25) is 9.59 Å². The Morgan fingerprint density at radius 2 is 1.41 bits per heavy atom. The summed E-state index contributed by atoms with van der Waals surface area (Å²) in [7, 11) is 3.57. The summed E-state index contributed by atoms with van der Waals surface area (Å²) in [4.78, 5) is 25.1. The summed E-state index contributed by atoms with van der Waals surface area (Å²) in [5, 5.41) is 0. The zero-order valence-corrected chi connectivity index (χ0v) is 17.4. The lowest BCUT2D eigenvalue weighted by atomic mass is 9.87. The number of hydrogen-bond acceptors (Lipinski definition) is 6. The molecule has 4 rings (SSSR count). The molecule has 0 radical (unpaired) electrons. The summed E-state index contributed by atoms with van der Waals surface area (Å²) < 4.78 is 20.8. The van der Waals surface area contributed by atoms with E-state index in [-0.39, 0.29) is 30.8 Å². The van der Waals surface area contributed by atoms with Crippen molar-refractivity contribution in [2.75, 3.05) is 34.1 Å². The van der Waals surface area contributed by atoms with Gasteiger partial charge in [0.2, 0.25) is 0 Å². The van der Waals surface area contributed by atoms with Crippen molar-refractivity contribution < 1.29 is 28.5 Å². The summed E-state index contributed by atoms with van der Waals surface area (Å²) in [6.07, 6.45) is 5.04. The van der Waals surface area contributed by atoms with Gasteiger partial charge in [-0.25, -0.2) is 0 Å². The van der Waals surface area contributed by atoms with Gasteiger partial charge in [0.25, 0.3) is 11.8 Å². The Morgan fingerprint density at radius 1 is 0.889 bits per heavy atom. The fraction of sp³-hybridized carbons (Fsp3) is 0.895. The smallest absolute Gasteiger partial charge is 0.250 e. The SMILES string of the molecule is CC1CC(C)OCO1.CN1C(=O)COC1(C)C.CN1C(=O)COC12CCC2. The van der Waals surface area contributed by atoms with E-state index in [9.17, 15) is 9.59 Å². The molecule has 8 heteroatoms. The van der Waals surface area contributed by atoms with Crippen LogP contribution >= 0.6 is 0 Å². The minimum Gasteiger partial charge on any atom is -0.352 e. The predicted molar refractivity (Wildman–Crippen MR) is 98.7 cm³/mol. The average Bonchev–Trinajstić information content (AvgIpc) is 3.00. The maximum absolute atomic E-state index is 11.0. The van der Waals surface area contributed by atoms with Crippen molar-refractivity contribution in [3.63, 3.8) is 0 Å². The first-order valence-electron chi connectivity index (χ1n) is 9.62. The van der Waals surface area contributed by atoms with Gasteiger partial charge in [0, 0.05) is 14.1 Å². The molecule has 4 fully saturated rings. The molecule has 27 heavy (non-hydrogen) atoms. The highest BCUT2D eigenvalue weighted by Crippen LogP contribution is 2.40. The molecule has 4 aliphatic rings. The monoisotopic (exact) mass is 386 g/mol. The van der Waals surface area contributed by atoms with Gasteiger partial charge >= 0.3 is 0 Å². The molecule has 0 aromatic heterocycles. The van der Waals surface area contributed by atoms with Gasteiger partial charge in [-0.15, -0.1) is 0 Å². The third-order valence-corrected chi connectivity index (χ3v) is 5.68. The quantitative estimate of drug-likeness (QED) is 0.631. The lowest BCUT2D eigenvalue weighted by Gasteiger charge is -2.41. The number of amides is 2. The first-order valence-corrected chi connectivity index (χ1v) is 9.62. The average molecular weight is 386 g/mol. The highest BCUT2D eigenvalue weighted by Gasteiger charge is 2.48. The maximum atomic E-state index is 11.0. The van der Waals surface area contributed by atoms with Crippen molar-refractivity contribution in [2.24, 2.45) is 0 Å². The molecular formula is C19H34N2O6. The Balaban J connectivity index is 0.000000146. The number of carbonyl (C=O) groups excluding carboxylic acids is 2. The van der Waals surface area contributed by atoms with Crippen LogP contribution in [0.2, 0.25) is 0 Å². The van der Waals surface area contributed by atoms with Gasteiger partial charge in [-0.05, 0) is 53.4 Å². The first kappa shape index (κ1) is 22.1. The van der Waals surface area contributed by atoms with E-state index in [0.29, 0.717) is 19.0 Å². The van der Waals surface area contributed by atoms with Crippen LogP contribution in [0.15, 0.2) is 0 Å². The number of nitrogens with zero attached hydrogens (tertiary/aromatic N) is 2. The molecule has 0 bridgehead atoms. The van der Waals surface area contributed by atoms with E-state index in [0.717, 1.165) is 19.3 Å². The standard InChI is InChI=1S/C7H11NO2.C6H11NO2.C6H12O2/c1-8-6(9)5-10-7(8)3-2-4-7;1-6(2)7(3)5(8)4-9-6;1-5-3-6(2)8-4-7-5/h2-5H2,1H3;4H2,1-3H3;5-6H,3-4H2,1-2H3. The Hall–Kier alpha value is -1.22. The number of rotatable bonds is 0. The van der Waals surface area contributed by atoms with Crippen LogP contribution in [0.5, 0.6) is 0 Å². The third-order valence-electron chi connectivity index (χ3n) is 5.68. The third kappa shape index (κ3) is 5.40. The van der Waals surface area contributed by atoms with Crippen LogP contribution in [0.3, 0.4) is 0 Å². The molecule has 1 saturated carbocycles. The van der Waals surface area contributed by atoms with Crippen LogP contribution in [-0.4, -0.2) is 79.4 Å². The van der Waals surface area contributed by atoms with Crippen molar-refractivity contribution in [3.05, 3.63) is 0 Å². The van der Waals surface area contributed by atoms with Crippen molar-refractivity contribution in [3.8, 4) is 0 Å². The largest absolute Gasteiger partial charge is 0.352 e. The van der Waals surface area contributed by atoms with Crippen molar-refractivity contribution >= 4 is 11.8 Å². The van der Waals surface area contributed by atoms with E-state index < -0.39 is 5.72 Å². The Morgan fingerprint density at radius 3 is 1.59 bits per heavy atom. The number of carbonyl (C=O) groups is 2. The summed E-state index contributed by atoms with van der Waals surface area (Å²) >= 11 is 0. The van der Waals surface area contributed by atoms with E-state index in [1.54, 1.807) is 16.8 Å². The lowest BCUT2D eigenvalue weighted by Crippen LogP contribution is -2.49. The van der Waals surface area contributed by atoms with Gasteiger partial charge < -0.3 is 28.7 Å². The van der Waals surface area contributed by atoms with Crippen molar-refractivity contribution in [1.82, 2.24) is 9.80 Å². The molecular weight excluding hydrogens is 352 g/mol. The molecule has 8 nitrogen and oxygen atoms in total. The van der Waals surface area contributed by atoms with Crippen LogP contribution < -0.4 is 0 Å². The molecule has 2 unspecified atom stereocenters. The Bertz CT molecular complexity index is 526. The zero-order valence-electron chi connectivity index (χ0n) is 17.4. The highest BCUT2D eigenvalue weighted by molar-refractivity contribution is 5.80. The van der Waals surface area contributed by atoms with Gasteiger partial charge in [0.1, 0.15) is 31.5 Å². The molecule has 2 amide bonds. The normalized spacial score (nSPS) is 31.0. The predicted octanol–water partition coefficient (Wildman–Crippen LogP) is 1.72. The Kier molecular flexibility index (Phi) is 7.24. The highest BCUT2D eigenvalue weighted by atomic mass is 16.7. The zero-order chi connectivity index (χ0) is 20.2. The van der Waals surface area contributed by atoms with Crippen LogP contribution in [-0.2, 0) is 28.5 Å². The fourth-order valence-corrected chi connectivity index (χ4v) is 3.18. The Labute approximate surface area is 162 Å². The van der Waals surface area contributed by atoms with Gasteiger partial charge in [-0.1, -0.05) is 0 Å². The van der Waals surface area contributed by atoms with Crippen LogP contribution in [0, 0.1) is 0 Å². The number of ether oxygens (including phenoxy) is 4. The molecule has 3 saturated heterocycles. The molecule has 1 spiro atoms. The second-order valence-electron chi connectivity index (χ2n) is 8.04. The summed E-state index contributed by atoms with van der Waals surface area (Å²) in [5.41, 5.74) is -0.561. The van der Waals surface area contributed by atoms with E-state index in [1.165, 1.54) is 6.42 Å². The second-order valence-corrected chi connectivity index (χ2v) is 8.04. The molecule has 0 aromatic carbocycles. The van der Waals surface area contributed by atoms with E-state index >= 15 is 0 Å². The van der Waals surface area contributed by atoms with Gasteiger partial charge in [0.05, 0.1) is 12.2 Å². The first-order chi connectivity index (χ1) is 12.6. The molecule has 0 N–H and O–H groups in total. The molecule has 156 valence electrons. The summed E-state index contributed by atoms with van der Waals surface area (Å²) in [5.74, 6) is 0.180. The second kappa shape index (κ2) is 8.86. The van der Waals surface area contributed by atoms with Gasteiger partial charge in [0.15, 0.2) is 0 Å².